The molecule has 22 heavy (non-hydrogen) atoms. The van der Waals surface area contributed by atoms with Gasteiger partial charge in [0, 0.05) is 21.8 Å². The lowest BCUT2D eigenvalue weighted by molar-refractivity contribution is 0.0938. The molecule has 0 saturated carbocycles. The van der Waals surface area contributed by atoms with Crippen LogP contribution >= 0.6 is 23.2 Å². The van der Waals surface area contributed by atoms with E-state index in [1.165, 1.54) is 0 Å². The molecule has 112 valence electrons. The van der Waals surface area contributed by atoms with Crippen LogP contribution in [0.1, 0.15) is 29.1 Å². The van der Waals surface area contributed by atoms with Gasteiger partial charge in [-0.1, -0.05) is 29.3 Å². The molecule has 0 saturated heterocycles. The largest absolute Gasteiger partial charge is 0.342 e. The zero-order valence-electron chi connectivity index (χ0n) is 11.6. The molecule has 0 spiro atoms. The van der Waals surface area contributed by atoms with Gasteiger partial charge in [0.05, 0.1) is 6.04 Å². The Bertz CT molecular complexity index is 826. The maximum Gasteiger partial charge on any atom is 0.251 e. The van der Waals surface area contributed by atoms with E-state index < -0.39 is 0 Å². The molecule has 1 unspecified atom stereocenters. The molecule has 0 fully saturated rings. The second-order valence-electron chi connectivity index (χ2n) is 4.84. The smallest absolute Gasteiger partial charge is 0.251 e. The summed E-state index contributed by atoms with van der Waals surface area (Å²) in [7, 11) is 0. The van der Waals surface area contributed by atoms with Gasteiger partial charge in [0.2, 0.25) is 0 Å². The third kappa shape index (κ3) is 2.91. The van der Waals surface area contributed by atoms with E-state index in [4.69, 9.17) is 23.2 Å². The third-order valence-electron chi connectivity index (χ3n) is 3.20. The fourth-order valence-electron chi connectivity index (χ4n) is 2.18. The predicted octanol–water partition coefficient (Wildman–Crippen LogP) is 3.53. The fourth-order valence-corrected chi connectivity index (χ4v) is 2.71. The van der Waals surface area contributed by atoms with Crippen LogP contribution in [0, 0.1) is 0 Å². The van der Waals surface area contributed by atoms with Crippen LogP contribution < -0.4 is 5.32 Å². The normalized spacial score (nSPS) is 12.3. The zero-order chi connectivity index (χ0) is 15.7. The Hall–Kier alpha value is -2.11. The minimum atomic E-state index is -0.317. The monoisotopic (exact) mass is 334 g/mol. The third-order valence-corrected chi connectivity index (χ3v) is 3.64. The van der Waals surface area contributed by atoms with Gasteiger partial charge in [-0.05, 0) is 37.3 Å². The number of rotatable bonds is 3. The highest BCUT2D eigenvalue weighted by molar-refractivity contribution is 6.35. The zero-order valence-corrected chi connectivity index (χ0v) is 13.1. The summed E-state index contributed by atoms with van der Waals surface area (Å²) in [6.07, 6.45) is 1.85. The molecule has 0 bridgehead atoms. The summed E-state index contributed by atoms with van der Waals surface area (Å²) in [5.41, 5.74) is 1.13. The second-order valence-corrected chi connectivity index (χ2v) is 5.71. The first kappa shape index (κ1) is 14.8. The van der Waals surface area contributed by atoms with Gasteiger partial charge in [-0.3, -0.25) is 9.20 Å². The molecule has 1 atom stereocenters. The SMILES string of the molecule is CC(NC(=O)c1cc(Cl)cc(Cl)c1)c1nnc2ccccn12. The van der Waals surface area contributed by atoms with E-state index >= 15 is 0 Å². The van der Waals surface area contributed by atoms with Gasteiger partial charge in [-0.15, -0.1) is 10.2 Å². The number of amides is 1. The minimum Gasteiger partial charge on any atom is -0.342 e. The van der Waals surface area contributed by atoms with Crippen molar-refractivity contribution in [1.29, 1.82) is 0 Å². The summed E-state index contributed by atoms with van der Waals surface area (Å²) in [4.78, 5) is 12.3. The molecular weight excluding hydrogens is 323 g/mol. The Morgan fingerprint density at radius 1 is 1.18 bits per heavy atom. The lowest BCUT2D eigenvalue weighted by Crippen LogP contribution is -2.28. The summed E-state index contributed by atoms with van der Waals surface area (Å²) in [5, 5.41) is 11.9. The maximum absolute atomic E-state index is 12.3. The number of nitrogens with zero attached hydrogens (tertiary/aromatic N) is 3. The molecule has 0 aliphatic carbocycles. The van der Waals surface area contributed by atoms with Crippen molar-refractivity contribution in [1.82, 2.24) is 19.9 Å². The van der Waals surface area contributed by atoms with E-state index in [0.717, 1.165) is 5.65 Å². The Morgan fingerprint density at radius 2 is 1.91 bits per heavy atom. The van der Waals surface area contributed by atoms with Gasteiger partial charge in [0.15, 0.2) is 11.5 Å². The van der Waals surface area contributed by atoms with E-state index in [1.807, 2.05) is 35.7 Å². The van der Waals surface area contributed by atoms with Gasteiger partial charge in [-0.2, -0.15) is 0 Å². The average Bonchev–Trinajstić information content (AvgIpc) is 2.90. The number of carbonyl (C=O) groups is 1. The van der Waals surface area contributed by atoms with E-state index in [2.05, 4.69) is 15.5 Å². The van der Waals surface area contributed by atoms with Crippen LogP contribution in [0.25, 0.3) is 5.65 Å². The molecule has 1 N–H and O–H groups in total. The van der Waals surface area contributed by atoms with Crippen molar-refractivity contribution >= 4 is 34.8 Å². The molecule has 1 amide bonds. The number of aromatic nitrogens is 3. The van der Waals surface area contributed by atoms with Crippen LogP contribution in [0.3, 0.4) is 0 Å². The minimum absolute atomic E-state index is 0.274. The predicted molar refractivity (Wildman–Crippen MR) is 85.3 cm³/mol. The highest BCUT2D eigenvalue weighted by Crippen LogP contribution is 2.20. The Balaban J connectivity index is 1.84. The fraction of sp³-hybridized carbons (Fsp3) is 0.133. The lowest BCUT2D eigenvalue weighted by atomic mass is 10.2. The molecule has 1 aromatic carbocycles. The van der Waals surface area contributed by atoms with E-state index in [1.54, 1.807) is 18.2 Å². The van der Waals surface area contributed by atoms with Crippen LogP contribution in [0.2, 0.25) is 10.0 Å². The van der Waals surface area contributed by atoms with Crippen molar-refractivity contribution in [2.45, 2.75) is 13.0 Å². The first-order chi connectivity index (χ1) is 10.5. The summed E-state index contributed by atoms with van der Waals surface area (Å²) in [6.45, 7) is 1.84. The summed E-state index contributed by atoms with van der Waals surface area (Å²) in [6, 6.07) is 10.0. The Kier molecular flexibility index (Phi) is 4.00. The van der Waals surface area contributed by atoms with Gasteiger partial charge in [-0.25, -0.2) is 0 Å². The van der Waals surface area contributed by atoms with Gasteiger partial charge < -0.3 is 5.32 Å². The first-order valence-corrected chi connectivity index (χ1v) is 7.37. The summed E-state index contributed by atoms with van der Waals surface area (Å²) < 4.78 is 1.83. The van der Waals surface area contributed by atoms with Crippen molar-refractivity contribution in [3.05, 3.63) is 64.0 Å². The number of hydrogen-bond acceptors (Lipinski definition) is 3. The maximum atomic E-state index is 12.3. The Labute approximate surface area is 136 Å². The molecular formula is C15H12Cl2N4O. The molecule has 5 nitrogen and oxygen atoms in total. The topological polar surface area (TPSA) is 59.3 Å². The summed E-state index contributed by atoms with van der Waals surface area (Å²) >= 11 is 11.8. The van der Waals surface area contributed by atoms with Crippen LogP contribution in [0.5, 0.6) is 0 Å². The number of benzene rings is 1. The molecule has 0 radical (unpaired) electrons. The number of fused-ring (bicyclic) bond motifs is 1. The number of pyridine rings is 1. The van der Waals surface area contributed by atoms with E-state index in [9.17, 15) is 4.79 Å². The number of nitrogens with one attached hydrogen (secondary N) is 1. The molecule has 2 heterocycles. The van der Waals surface area contributed by atoms with Crippen LogP contribution in [0.15, 0.2) is 42.6 Å². The number of carbonyl (C=O) groups excluding carboxylic acids is 1. The van der Waals surface area contributed by atoms with Crippen molar-refractivity contribution < 1.29 is 4.79 Å². The van der Waals surface area contributed by atoms with Gasteiger partial charge in [0.1, 0.15) is 0 Å². The number of hydrogen-bond donors (Lipinski definition) is 1. The quantitative estimate of drug-likeness (QED) is 0.797. The molecule has 3 aromatic rings. The van der Waals surface area contributed by atoms with Crippen LogP contribution in [0.4, 0.5) is 0 Å². The summed E-state index contributed by atoms with van der Waals surface area (Å²) in [5.74, 6) is 0.377. The van der Waals surface area contributed by atoms with Crippen molar-refractivity contribution in [2.24, 2.45) is 0 Å². The second kappa shape index (κ2) is 5.94. The van der Waals surface area contributed by atoms with E-state index in [-0.39, 0.29) is 11.9 Å². The lowest BCUT2D eigenvalue weighted by Gasteiger charge is -2.12. The van der Waals surface area contributed by atoms with Crippen molar-refractivity contribution in [2.75, 3.05) is 0 Å². The molecule has 0 aliphatic rings. The highest BCUT2D eigenvalue weighted by atomic mass is 35.5. The van der Waals surface area contributed by atoms with Crippen LogP contribution in [-0.2, 0) is 0 Å². The highest BCUT2D eigenvalue weighted by Gasteiger charge is 2.17. The van der Waals surface area contributed by atoms with Crippen molar-refractivity contribution in [3.63, 3.8) is 0 Å². The van der Waals surface area contributed by atoms with E-state index in [0.29, 0.717) is 21.4 Å². The first-order valence-electron chi connectivity index (χ1n) is 6.61. The average molecular weight is 335 g/mol. The molecule has 2 aromatic heterocycles. The van der Waals surface area contributed by atoms with Crippen molar-refractivity contribution in [3.8, 4) is 0 Å². The van der Waals surface area contributed by atoms with Crippen LogP contribution in [-0.4, -0.2) is 20.5 Å². The van der Waals surface area contributed by atoms with Gasteiger partial charge in [0.25, 0.3) is 5.91 Å². The molecule has 0 aliphatic heterocycles. The van der Waals surface area contributed by atoms with Gasteiger partial charge >= 0.3 is 0 Å². The molecule has 3 rings (SSSR count). The Morgan fingerprint density at radius 3 is 2.64 bits per heavy atom. The standard InChI is InChI=1S/C15H12Cl2N4O/c1-9(14-20-19-13-4-2-3-5-21(13)14)18-15(22)10-6-11(16)8-12(17)7-10/h2-9H,1H3,(H,18,22). The number of halogens is 2. The molecule has 7 heteroatoms.